The van der Waals surface area contributed by atoms with Gasteiger partial charge in [-0.1, -0.05) is 13.0 Å². The highest BCUT2D eigenvalue weighted by atomic mass is 19.1. The molecule has 1 fully saturated rings. The first kappa shape index (κ1) is 18.4. The van der Waals surface area contributed by atoms with E-state index in [1.165, 1.54) is 12.5 Å². The van der Waals surface area contributed by atoms with E-state index in [9.17, 15) is 14.0 Å². The molecule has 2 aromatic rings. The van der Waals surface area contributed by atoms with Gasteiger partial charge in [0.1, 0.15) is 11.3 Å². The van der Waals surface area contributed by atoms with E-state index in [-0.39, 0.29) is 36.7 Å². The molecule has 1 unspecified atom stereocenters. The molecule has 0 saturated carbocycles. The van der Waals surface area contributed by atoms with E-state index in [0.29, 0.717) is 17.4 Å². The predicted octanol–water partition coefficient (Wildman–Crippen LogP) is 2.89. The molecule has 2 heterocycles. The molecule has 3 rings (SSSR count). The van der Waals surface area contributed by atoms with Crippen LogP contribution in [0.4, 0.5) is 4.39 Å². The average Bonchev–Trinajstić information content (AvgIpc) is 3.09. The Balaban J connectivity index is 1.47. The van der Waals surface area contributed by atoms with E-state index < -0.39 is 5.82 Å². The number of nitrogens with one attached hydrogen (secondary N) is 2. The number of benzene rings is 1. The fourth-order valence-corrected chi connectivity index (χ4v) is 3.52. The highest BCUT2D eigenvalue weighted by Crippen LogP contribution is 2.20. The van der Waals surface area contributed by atoms with Gasteiger partial charge in [-0.05, 0) is 37.8 Å². The van der Waals surface area contributed by atoms with Crippen molar-refractivity contribution in [1.82, 2.24) is 20.2 Å². The number of aromatic amines is 1. The van der Waals surface area contributed by atoms with Crippen molar-refractivity contribution < 1.29 is 14.0 Å². The zero-order valence-electron chi connectivity index (χ0n) is 15.1. The summed E-state index contributed by atoms with van der Waals surface area (Å²) in [6.45, 7) is 3.07. The fraction of sp³-hybridized carbons (Fsp3) is 0.526. The molecule has 26 heavy (non-hydrogen) atoms. The van der Waals surface area contributed by atoms with Gasteiger partial charge in [0.2, 0.25) is 11.8 Å². The molecule has 2 amide bonds. The first-order chi connectivity index (χ1) is 12.6. The molecule has 0 bridgehead atoms. The van der Waals surface area contributed by atoms with Gasteiger partial charge in [0.25, 0.3) is 0 Å². The van der Waals surface area contributed by atoms with E-state index in [4.69, 9.17) is 0 Å². The van der Waals surface area contributed by atoms with Crippen LogP contribution in [0.25, 0.3) is 11.0 Å². The standard InChI is InChI=1S/C19H25FN4O2/c1-2-13-6-3-4-11-24(13)18(26)10-9-17(25)21-12-16-22-15-8-5-7-14(20)19(15)23-16/h5,7-8,13H,2-4,6,9-12H2,1H3,(H,21,25)(H,22,23). The number of piperidine rings is 1. The molecule has 1 atom stereocenters. The number of halogens is 1. The van der Waals surface area contributed by atoms with Crippen molar-refractivity contribution in [3.63, 3.8) is 0 Å². The fourth-order valence-electron chi connectivity index (χ4n) is 3.52. The van der Waals surface area contributed by atoms with Gasteiger partial charge in [-0.2, -0.15) is 0 Å². The average molecular weight is 360 g/mol. The maximum Gasteiger partial charge on any atom is 0.223 e. The predicted molar refractivity (Wildman–Crippen MR) is 96.8 cm³/mol. The minimum Gasteiger partial charge on any atom is -0.349 e. The molecule has 1 aliphatic heterocycles. The van der Waals surface area contributed by atoms with Crippen LogP contribution >= 0.6 is 0 Å². The maximum atomic E-state index is 13.6. The molecule has 140 valence electrons. The van der Waals surface area contributed by atoms with Gasteiger partial charge < -0.3 is 15.2 Å². The first-order valence-electron chi connectivity index (χ1n) is 9.27. The van der Waals surface area contributed by atoms with Crippen LogP contribution in [0.2, 0.25) is 0 Å². The molecule has 1 aliphatic rings. The number of aromatic nitrogens is 2. The molecule has 1 aromatic heterocycles. The molecular formula is C19H25FN4O2. The van der Waals surface area contributed by atoms with Gasteiger partial charge in [0, 0.05) is 25.4 Å². The van der Waals surface area contributed by atoms with Crippen LogP contribution in [0.15, 0.2) is 18.2 Å². The summed E-state index contributed by atoms with van der Waals surface area (Å²) in [7, 11) is 0. The van der Waals surface area contributed by atoms with E-state index >= 15 is 0 Å². The highest BCUT2D eigenvalue weighted by Gasteiger charge is 2.25. The number of nitrogens with zero attached hydrogens (tertiary/aromatic N) is 2. The number of carbonyl (C=O) groups excluding carboxylic acids is 2. The van der Waals surface area contributed by atoms with Crippen molar-refractivity contribution in [3.05, 3.63) is 29.8 Å². The maximum absolute atomic E-state index is 13.6. The molecule has 7 heteroatoms. The molecule has 0 spiro atoms. The lowest BCUT2D eigenvalue weighted by atomic mass is 9.99. The summed E-state index contributed by atoms with van der Waals surface area (Å²) in [5.41, 5.74) is 0.864. The molecule has 1 aromatic carbocycles. The van der Waals surface area contributed by atoms with Crippen LogP contribution < -0.4 is 5.32 Å². The van der Waals surface area contributed by atoms with Crippen molar-refractivity contribution in [2.45, 2.75) is 58.0 Å². The number of imidazole rings is 1. The van der Waals surface area contributed by atoms with Crippen LogP contribution in [0.3, 0.4) is 0 Å². The second-order valence-corrected chi connectivity index (χ2v) is 6.74. The number of likely N-dealkylation sites (tertiary alicyclic amines) is 1. The molecule has 1 saturated heterocycles. The summed E-state index contributed by atoms with van der Waals surface area (Å²) in [5.74, 6) is -0.0531. The molecule has 6 nitrogen and oxygen atoms in total. The minimum atomic E-state index is -0.395. The largest absolute Gasteiger partial charge is 0.349 e. The number of hydrogen-bond donors (Lipinski definition) is 2. The third-order valence-electron chi connectivity index (χ3n) is 4.95. The molecule has 0 radical (unpaired) electrons. The van der Waals surface area contributed by atoms with E-state index in [1.54, 1.807) is 12.1 Å². The number of rotatable bonds is 6. The number of amides is 2. The monoisotopic (exact) mass is 360 g/mol. The van der Waals surface area contributed by atoms with Crippen LogP contribution in [-0.4, -0.2) is 39.3 Å². The Hall–Kier alpha value is -2.44. The zero-order chi connectivity index (χ0) is 18.5. The summed E-state index contributed by atoms with van der Waals surface area (Å²) in [5, 5.41) is 2.74. The Bertz CT molecular complexity index is 789. The summed E-state index contributed by atoms with van der Waals surface area (Å²) < 4.78 is 13.6. The second-order valence-electron chi connectivity index (χ2n) is 6.74. The smallest absolute Gasteiger partial charge is 0.223 e. The normalized spacial score (nSPS) is 17.5. The number of fused-ring (bicyclic) bond motifs is 1. The SMILES string of the molecule is CCC1CCCCN1C(=O)CCC(=O)NCc1nc2c(F)cccc2[nH]1. The molecule has 0 aliphatic carbocycles. The lowest BCUT2D eigenvalue weighted by Crippen LogP contribution is -2.43. The van der Waals surface area contributed by atoms with Crippen molar-refractivity contribution in [3.8, 4) is 0 Å². The molecule has 2 N–H and O–H groups in total. The van der Waals surface area contributed by atoms with Crippen molar-refractivity contribution in [1.29, 1.82) is 0 Å². The number of carbonyl (C=O) groups is 2. The topological polar surface area (TPSA) is 78.1 Å². The second kappa shape index (κ2) is 8.29. The van der Waals surface area contributed by atoms with Crippen LogP contribution in [0.1, 0.15) is 51.3 Å². The third kappa shape index (κ3) is 4.20. The summed E-state index contributed by atoms with van der Waals surface area (Å²) >= 11 is 0. The van der Waals surface area contributed by atoms with Crippen LogP contribution in [0.5, 0.6) is 0 Å². The van der Waals surface area contributed by atoms with Gasteiger partial charge in [-0.25, -0.2) is 9.37 Å². The van der Waals surface area contributed by atoms with Crippen molar-refractivity contribution in [2.75, 3.05) is 6.54 Å². The quantitative estimate of drug-likeness (QED) is 0.831. The van der Waals surface area contributed by atoms with Crippen molar-refractivity contribution in [2.24, 2.45) is 0 Å². The Morgan fingerprint density at radius 3 is 2.96 bits per heavy atom. The Kier molecular flexibility index (Phi) is 5.85. The van der Waals surface area contributed by atoms with Gasteiger partial charge in [-0.3, -0.25) is 9.59 Å². The highest BCUT2D eigenvalue weighted by molar-refractivity contribution is 5.84. The van der Waals surface area contributed by atoms with E-state index in [2.05, 4.69) is 22.2 Å². The zero-order valence-corrected chi connectivity index (χ0v) is 15.1. The summed E-state index contributed by atoms with van der Waals surface area (Å²) in [6, 6.07) is 5.00. The van der Waals surface area contributed by atoms with Gasteiger partial charge in [0.05, 0.1) is 12.1 Å². The lowest BCUT2D eigenvalue weighted by Gasteiger charge is -2.35. The third-order valence-corrected chi connectivity index (χ3v) is 4.95. The van der Waals surface area contributed by atoms with E-state index in [0.717, 1.165) is 25.8 Å². The summed E-state index contributed by atoms with van der Waals surface area (Å²) in [6.07, 6.45) is 4.59. The first-order valence-corrected chi connectivity index (χ1v) is 9.27. The van der Waals surface area contributed by atoms with E-state index in [1.807, 2.05) is 4.90 Å². The Morgan fingerprint density at radius 2 is 2.19 bits per heavy atom. The number of H-pyrrole nitrogens is 1. The number of hydrogen-bond acceptors (Lipinski definition) is 3. The number of para-hydroxylation sites is 1. The summed E-state index contributed by atoms with van der Waals surface area (Å²) in [4.78, 5) is 33.5. The van der Waals surface area contributed by atoms with Gasteiger partial charge >= 0.3 is 0 Å². The lowest BCUT2D eigenvalue weighted by molar-refractivity contribution is -0.136. The van der Waals surface area contributed by atoms with Crippen molar-refractivity contribution >= 4 is 22.8 Å². The molecular weight excluding hydrogens is 335 g/mol. The Morgan fingerprint density at radius 1 is 1.35 bits per heavy atom. The van der Waals surface area contributed by atoms with Gasteiger partial charge in [-0.15, -0.1) is 0 Å². The van der Waals surface area contributed by atoms with Crippen LogP contribution in [-0.2, 0) is 16.1 Å². The van der Waals surface area contributed by atoms with Gasteiger partial charge in [0.15, 0.2) is 5.82 Å². The minimum absolute atomic E-state index is 0.0532. The Labute approximate surface area is 152 Å². The van der Waals surface area contributed by atoms with Crippen LogP contribution in [0, 0.1) is 5.82 Å².